The van der Waals surface area contributed by atoms with Gasteiger partial charge in [-0.1, -0.05) is 11.6 Å². The molecule has 176 valence electrons. The summed E-state index contributed by atoms with van der Waals surface area (Å²) in [5.74, 6) is 0.0774. The Labute approximate surface area is 203 Å². The average molecular weight is 503 g/mol. The Balaban J connectivity index is 1.39. The van der Waals surface area contributed by atoms with Crippen LogP contribution in [0.3, 0.4) is 0 Å². The Morgan fingerprint density at radius 3 is 2.71 bits per heavy atom. The Kier molecular flexibility index (Phi) is 5.82. The van der Waals surface area contributed by atoms with Crippen LogP contribution in [0.1, 0.15) is 42.3 Å². The van der Waals surface area contributed by atoms with Crippen LogP contribution in [0, 0.1) is 24.0 Å². The minimum absolute atomic E-state index is 0.000556. The summed E-state index contributed by atoms with van der Waals surface area (Å²) in [4.78, 5) is 24.2. The van der Waals surface area contributed by atoms with Crippen LogP contribution in [-0.4, -0.2) is 46.0 Å². The topological polar surface area (TPSA) is 127 Å². The normalized spacial score (nSPS) is 13.5. The number of fused-ring (bicyclic) bond motifs is 1. The lowest BCUT2D eigenvalue weighted by Gasteiger charge is -2.08. The van der Waals surface area contributed by atoms with Gasteiger partial charge in [-0.15, -0.1) is 5.10 Å². The fourth-order valence-electron chi connectivity index (χ4n) is 3.92. The third-order valence-electron chi connectivity index (χ3n) is 5.60. The predicted octanol–water partition coefficient (Wildman–Crippen LogP) is 4.59. The zero-order valence-electron chi connectivity index (χ0n) is 18.4. The van der Waals surface area contributed by atoms with E-state index in [4.69, 9.17) is 27.9 Å². The van der Waals surface area contributed by atoms with Crippen molar-refractivity contribution in [2.75, 3.05) is 6.61 Å². The molecular weight excluding hydrogens is 483 g/mol. The molecule has 0 unspecified atom stereocenters. The largest absolute Gasteiger partial charge is 0.472 e. The number of halogens is 2. The number of nitro groups is 1. The van der Waals surface area contributed by atoms with Gasteiger partial charge >= 0.3 is 11.6 Å². The molecular formula is C21H20Cl2N8O3. The molecule has 0 radical (unpaired) electrons. The van der Waals surface area contributed by atoms with Gasteiger partial charge in [0.05, 0.1) is 28.3 Å². The van der Waals surface area contributed by atoms with Crippen LogP contribution in [0.2, 0.25) is 10.4 Å². The molecule has 0 aromatic carbocycles. The molecule has 0 N–H and O–H groups in total. The zero-order valence-corrected chi connectivity index (χ0v) is 19.9. The second kappa shape index (κ2) is 8.80. The van der Waals surface area contributed by atoms with Crippen molar-refractivity contribution in [2.45, 2.75) is 45.6 Å². The van der Waals surface area contributed by atoms with Gasteiger partial charge in [0.2, 0.25) is 5.28 Å². The highest BCUT2D eigenvalue weighted by atomic mass is 35.5. The Hall–Kier alpha value is -3.31. The third kappa shape index (κ3) is 4.16. The number of hydrogen-bond acceptors (Lipinski definition) is 8. The van der Waals surface area contributed by atoms with E-state index >= 15 is 0 Å². The molecule has 1 aliphatic carbocycles. The molecule has 0 amide bonds. The molecule has 1 aliphatic rings. The fourth-order valence-corrected chi connectivity index (χ4v) is 4.27. The van der Waals surface area contributed by atoms with Gasteiger partial charge in [0.1, 0.15) is 5.69 Å². The number of aromatic nitrogens is 7. The summed E-state index contributed by atoms with van der Waals surface area (Å²) in [6.45, 7) is 4.36. The van der Waals surface area contributed by atoms with E-state index in [0.29, 0.717) is 35.4 Å². The molecule has 0 bridgehead atoms. The maximum Gasteiger partial charge on any atom is 0.354 e. The fraction of sp³-hybridized carbons (Fsp3) is 0.381. The van der Waals surface area contributed by atoms with Crippen molar-refractivity contribution in [3.8, 4) is 11.6 Å². The molecule has 4 aromatic rings. The first-order chi connectivity index (χ1) is 16.3. The second-order valence-corrected chi connectivity index (χ2v) is 8.83. The van der Waals surface area contributed by atoms with Crippen molar-refractivity contribution < 1.29 is 9.66 Å². The van der Waals surface area contributed by atoms with E-state index < -0.39 is 4.92 Å². The van der Waals surface area contributed by atoms with Gasteiger partial charge < -0.3 is 4.74 Å². The SMILES string of the molecule is Cc1ccc(-n2nc(OCCCn3nc(Cl)c4cnc(Cl)nc43)c([N+](=O)[O-])c2C2CC2)c(C)n1. The van der Waals surface area contributed by atoms with Gasteiger partial charge in [0.25, 0.3) is 0 Å². The van der Waals surface area contributed by atoms with E-state index in [-0.39, 0.29) is 34.5 Å². The summed E-state index contributed by atoms with van der Waals surface area (Å²) in [7, 11) is 0. The molecule has 5 rings (SSSR count). The van der Waals surface area contributed by atoms with Crippen molar-refractivity contribution in [3.05, 3.63) is 56.0 Å². The van der Waals surface area contributed by atoms with Crippen LogP contribution in [0.5, 0.6) is 5.88 Å². The van der Waals surface area contributed by atoms with Crippen molar-refractivity contribution in [2.24, 2.45) is 0 Å². The molecule has 0 atom stereocenters. The molecule has 1 fully saturated rings. The molecule has 4 heterocycles. The number of hydrogen-bond donors (Lipinski definition) is 0. The summed E-state index contributed by atoms with van der Waals surface area (Å²) in [5.41, 5.74) is 3.30. The lowest BCUT2D eigenvalue weighted by molar-refractivity contribution is -0.386. The number of nitrogens with zero attached hydrogens (tertiary/aromatic N) is 8. The van der Waals surface area contributed by atoms with Crippen molar-refractivity contribution in [1.82, 2.24) is 34.5 Å². The number of aryl methyl sites for hydroxylation is 3. The maximum absolute atomic E-state index is 12.0. The molecule has 0 saturated heterocycles. The zero-order chi connectivity index (χ0) is 24.0. The van der Waals surface area contributed by atoms with E-state index in [9.17, 15) is 10.1 Å². The van der Waals surface area contributed by atoms with E-state index in [1.54, 1.807) is 9.36 Å². The predicted molar refractivity (Wildman–Crippen MR) is 125 cm³/mol. The van der Waals surface area contributed by atoms with E-state index in [2.05, 4.69) is 25.1 Å². The summed E-state index contributed by atoms with van der Waals surface area (Å²) >= 11 is 12.0. The number of pyridine rings is 1. The first kappa shape index (κ1) is 22.5. The number of ether oxygens (including phenoxy) is 1. The van der Waals surface area contributed by atoms with E-state index in [1.165, 1.54) is 6.20 Å². The highest BCUT2D eigenvalue weighted by Gasteiger charge is 2.40. The summed E-state index contributed by atoms with van der Waals surface area (Å²) < 4.78 is 9.05. The molecule has 1 saturated carbocycles. The smallest absolute Gasteiger partial charge is 0.354 e. The van der Waals surface area contributed by atoms with Crippen LogP contribution < -0.4 is 4.74 Å². The first-order valence-electron chi connectivity index (χ1n) is 10.7. The van der Waals surface area contributed by atoms with Gasteiger partial charge in [-0.2, -0.15) is 10.1 Å². The molecule has 13 heteroatoms. The van der Waals surface area contributed by atoms with Crippen LogP contribution in [-0.2, 0) is 6.54 Å². The molecule has 4 aromatic heterocycles. The van der Waals surface area contributed by atoms with E-state index in [0.717, 1.165) is 24.2 Å². The highest BCUT2D eigenvalue weighted by Crippen LogP contribution is 2.48. The van der Waals surface area contributed by atoms with Crippen molar-refractivity contribution in [1.29, 1.82) is 0 Å². The van der Waals surface area contributed by atoms with Crippen LogP contribution in [0.25, 0.3) is 16.7 Å². The minimum Gasteiger partial charge on any atom is -0.472 e. The molecule has 34 heavy (non-hydrogen) atoms. The second-order valence-electron chi connectivity index (χ2n) is 8.13. The quantitative estimate of drug-likeness (QED) is 0.148. The maximum atomic E-state index is 12.0. The third-order valence-corrected chi connectivity index (χ3v) is 6.06. The lowest BCUT2D eigenvalue weighted by Crippen LogP contribution is -2.08. The summed E-state index contributed by atoms with van der Waals surface area (Å²) in [6, 6.07) is 3.74. The Morgan fingerprint density at radius 2 is 2.00 bits per heavy atom. The van der Waals surface area contributed by atoms with Gasteiger partial charge in [-0.05, 0) is 50.4 Å². The number of rotatable bonds is 8. The molecule has 11 nitrogen and oxygen atoms in total. The minimum atomic E-state index is -0.414. The first-order valence-corrected chi connectivity index (χ1v) is 11.5. The Morgan fingerprint density at radius 1 is 1.21 bits per heavy atom. The van der Waals surface area contributed by atoms with Crippen LogP contribution >= 0.6 is 23.2 Å². The Bertz CT molecular complexity index is 1410. The lowest BCUT2D eigenvalue weighted by atomic mass is 10.2. The molecule has 0 aliphatic heterocycles. The van der Waals surface area contributed by atoms with Gasteiger partial charge in [-0.25, -0.2) is 14.3 Å². The monoisotopic (exact) mass is 502 g/mol. The van der Waals surface area contributed by atoms with Crippen LogP contribution in [0.15, 0.2) is 18.3 Å². The van der Waals surface area contributed by atoms with Gasteiger partial charge in [-0.3, -0.25) is 15.1 Å². The van der Waals surface area contributed by atoms with E-state index in [1.807, 2.05) is 26.0 Å². The van der Waals surface area contributed by atoms with Gasteiger partial charge in [0.15, 0.2) is 10.8 Å². The highest BCUT2D eigenvalue weighted by molar-refractivity contribution is 6.34. The standard InChI is InChI=1S/C21H20Cl2N8O3/c1-11-4-7-15(12(2)25-11)30-16(13-5-6-13)17(31(32)33)20(28-30)34-9-3-8-29-19-14(18(22)27-29)10-24-21(23)26-19/h4,7,10,13H,3,5-6,8-9H2,1-2H3. The van der Waals surface area contributed by atoms with Crippen LogP contribution in [0.4, 0.5) is 5.69 Å². The van der Waals surface area contributed by atoms with Crippen molar-refractivity contribution in [3.63, 3.8) is 0 Å². The average Bonchev–Trinajstić information content (AvgIpc) is 3.48. The van der Waals surface area contributed by atoms with Gasteiger partial charge in [0, 0.05) is 30.8 Å². The summed E-state index contributed by atoms with van der Waals surface area (Å²) in [5, 5.41) is 21.7. The molecule has 0 spiro atoms. The summed E-state index contributed by atoms with van der Waals surface area (Å²) in [6.07, 6.45) is 3.76. The van der Waals surface area contributed by atoms with Crippen molar-refractivity contribution >= 4 is 39.9 Å².